The molecule has 0 unspecified atom stereocenters. The van der Waals surface area contributed by atoms with Gasteiger partial charge in [0.05, 0.1) is 17.1 Å². The van der Waals surface area contributed by atoms with Crippen molar-refractivity contribution in [2.75, 3.05) is 19.1 Å². The van der Waals surface area contributed by atoms with Gasteiger partial charge < -0.3 is 14.9 Å². The van der Waals surface area contributed by atoms with E-state index in [-0.39, 0.29) is 0 Å². The smallest absolute Gasteiger partial charge is 0.114 e. The van der Waals surface area contributed by atoms with E-state index in [9.17, 15) is 4.57 Å². The Balaban J connectivity index is 2.93. The Bertz CT molecular complexity index is 567. The number of hydrogen-bond donors (Lipinski definition) is 1. The Morgan fingerprint density at radius 3 is 2.67 bits per heavy atom. The van der Waals surface area contributed by atoms with Crippen LogP contribution in [0.2, 0.25) is 0 Å². The van der Waals surface area contributed by atoms with Crippen molar-refractivity contribution in [2.45, 2.75) is 0 Å². The molecule has 0 atom stereocenters. The summed E-state index contributed by atoms with van der Waals surface area (Å²) in [5.74, 6) is 0. The fourth-order valence-corrected chi connectivity index (χ4v) is 3.15. The molecular weight excluding hydrogens is 209 g/mol. The predicted octanol–water partition coefficient (Wildman–Crippen LogP) is 1.40. The van der Waals surface area contributed by atoms with E-state index >= 15 is 0 Å². The number of fused-ring (bicyclic) bond motifs is 1. The minimum absolute atomic E-state index is 0.564. The summed E-state index contributed by atoms with van der Waals surface area (Å²) >= 11 is 0. The van der Waals surface area contributed by atoms with Crippen molar-refractivity contribution in [3.8, 4) is 0 Å². The van der Waals surface area contributed by atoms with Crippen molar-refractivity contribution in [3.63, 3.8) is 0 Å². The third-order valence-electron chi connectivity index (χ3n) is 2.44. The number of aryl methyl sites for hydroxylation is 1. The molecule has 2 aromatic rings. The summed E-state index contributed by atoms with van der Waals surface area (Å²) in [4.78, 5) is 4.26. The molecule has 0 aliphatic heterocycles. The number of anilines is 1. The molecule has 80 valence electrons. The molecule has 0 aliphatic rings. The van der Waals surface area contributed by atoms with Gasteiger partial charge in [0.15, 0.2) is 0 Å². The van der Waals surface area contributed by atoms with E-state index in [0.717, 1.165) is 11.0 Å². The second-order valence-electron chi connectivity index (χ2n) is 4.08. The Kier molecular flexibility index (Phi) is 2.12. The van der Waals surface area contributed by atoms with Gasteiger partial charge in [0.25, 0.3) is 0 Å². The highest BCUT2D eigenvalue weighted by atomic mass is 31.2. The molecule has 1 aromatic carbocycles. The van der Waals surface area contributed by atoms with E-state index in [4.69, 9.17) is 5.73 Å². The topological polar surface area (TPSA) is 60.9 Å². The van der Waals surface area contributed by atoms with Gasteiger partial charge in [-0.1, -0.05) is 0 Å². The zero-order valence-electron chi connectivity index (χ0n) is 9.06. The second-order valence-corrected chi connectivity index (χ2v) is 7.23. The maximum atomic E-state index is 12.1. The van der Waals surface area contributed by atoms with Crippen molar-refractivity contribution in [2.24, 2.45) is 7.05 Å². The first-order valence-corrected chi connectivity index (χ1v) is 7.26. The summed E-state index contributed by atoms with van der Waals surface area (Å²) < 4.78 is 14.0. The quantitative estimate of drug-likeness (QED) is 0.587. The van der Waals surface area contributed by atoms with Gasteiger partial charge in [-0.2, -0.15) is 0 Å². The lowest BCUT2D eigenvalue weighted by molar-refractivity contribution is 0.588. The Morgan fingerprint density at radius 2 is 2.07 bits per heavy atom. The maximum Gasteiger partial charge on any atom is 0.114 e. The Morgan fingerprint density at radius 1 is 1.40 bits per heavy atom. The summed E-state index contributed by atoms with van der Waals surface area (Å²) in [6.45, 7) is 3.43. The minimum atomic E-state index is -2.39. The second kappa shape index (κ2) is 3.11. The summed E-state index contributed by atoms with van der Waals surface area (Å²) in [7, 11) is -0.480. The van der Waals surface area contributed by atoms with Gasteiger partial charge in [0.2, 0.25) is 0 Å². The van der Waals surface area contributed by atoms with Crippen LogP contribution in [-0.4, -0.2) is 22.9 Å². The highest BCUT2D eigenvalue weighted by Gasteiger charge is 2.20. The molecule has 0 fully saturated rings. The molecule has 0 radical (unpaired) electrons. The zero-order valence-corrected chi connectivity index (χ0v) is 9.95. The SMILES string of the molecule is Cn1cnc2c(P(C)(C)=O)c(N)ccc21. The number of hydrogen-bond acceptors (Lipinski definition) is 3. The van der Waals surface area contributed by atoms with Crippen molar-refractivity contribution < 1.29 is 4.57 Å². The van der Waals surface area contributed by atoms with E-state index in [1.54, 1.807) is 25.7 Å². The highest BCUT2D eigenvalue weighted by molar-refractivity contribution is 7.71. The molecule has 0 saturated carbocycles. The minimum Gasteiger partial charge on any atom is -0.398 e. The molecule has 5 heteroatoms. The molecular formula is C10H14N3OP. The van der Waals surface area contributed by atoms with Gasteiger partial charge in [-0.15, -0.1) is 0 Å². The summed E-state index contributed by atoms with van der Waals surface area (Å²) in [5, 5.41) is 0.695. The monoisotopic (exact) mass is 223 g/mol. The number of benzene rings is 1. The van der Waals surface area contributed by atoms with Gasteiger partial charge in [-0.3, -0.25) is 0 Å². The first-order chi connectivity index (χ1) is 6.91. The van der Waals surface area contributed by atoms with Crippen LogP contribution in [0.4, 0.5) is 5.69 Å². The van der Waals surface area contributed by atoms with Crippen LogP contribution in [0.5, 0.6) is 0 Å². The number of imidazole rings is 1. The molecule has 0 amide bonds. The first kappa shape index (κ1) is 10.2. The highest BCUT2D eigenvalue weighted by Crippen LogP contribution is 2.39. The van der Waals surface area contributed by atoms with E-state index in [1.165, 1.54) is 0 Å². The van der Waals surface area contributed by atoms with Crippen LogP contribution in [0.1, 0.15) is 0 Å². The number of nitrogens with two attached hydrogens (primary N) is 1. The largest absolute Gasteiger partial charge is 0.398 e. The third-order valence-corrected chi connectivity index (χ3v) is 3.99. The van der Waals surface area contributed by atoms with Gasteiger partial charge >= 0.3 is 0 Å². The first-order valence-electron chi connectivity index (χ1n) is 4.66. The molecule has 2 rings (SSSR count). The van der Waals surface area contributed by atoms with Gasteiger partial charge in [-0.05, 0) is 25.5 Å². The number of nitrogens with zero attached hydrogens (tertiary/aromatic N) is 2. The van der Waals surface area contributed by atoms with Crippen molar-refractivity contribution in [1.29, 1.82) is 0 Å². The fraction of sp³-hybridized carbons (Fsp3) is 0.300. The Hall–Kier alpha value is -1.28. The molecule has 0 saturated heterocycles. The lowest BCUT2D eigenvalue weighted by Crippen LogP contribution is -2.11. The van der Waals surface area contributed by atoms with Crippen LogP contribution >= 0.6 is 7.14 Å². The van der Waals surface area contributed by atoms with Gasteiger partial charge in [-0.25, -0.2) is 4.98 Å². The zero-order chi connectivity index (χ0) is 11.2. The molecule has 1 heterocycles. The van der Waals surface area contributed by atoms with Crippen molar-refractivity contribution in [3.05, 3.63) is 18.5 Å². The van der Waals surface area contributed by atoms with Crippen molar-refractivity contribution >= 4 is 29.2 Å². The van der Waals surface area contributed by atoms with Crippen LogP contribution < -0.4 is 11.0 Å². The average molecular weight is 223 g/mol. The number of rotatable bonds is 1. The molecule has 4 nitrogen and oxygen atoms in total. The van der Waals surface area contributed by atoms with Crippen LogP contribution in [0.3, 0.4) is 0 Å². The van der Waals surface area contributed by atoms with Crippen LogP contribution in [0.25, 0.3) is 11.0 Å². The molecule has 0 aliphatic carbocycles. The molecule has 0 spiro atoms. The number of nitrogen functional groups attached to an aromatic ring is 1. The van der Waals surface area contributed by atoms with Gasteiger partial charge in [0, 0.05) is 12.7 Å². The molecule has 2 N–H and O–H groups in total. The third kappa shape index (κ3) is 1.55. The summed E-state index contributed by atoms with van der Waals surface area (Å²) in [6.07, 6.45) is 1.71. The lowest BCUT2D eigenvalue weighted by Gasteiger charge is -2.11. The summed E-state index contributed by atoms with van der Waals surface area (Å²) in [6, 6.07) is 3.69. The van der Waals surface area contributed by atoms with Crippen LogP contribution in [-0.2, 0) is 11.6 Å². The molecule has 0 bridgehead atoms. The van der Waals surface area contributed by atoms with E-state index in [0.29, 0.717) is 11.0 Å². The van der Waals surface area contributed by atoms with E-state index in [1.807, 2.05) is 17.7 Å². The van der Waals surface area contributed by atoms with Crippen LogP contribution in [0.15, 0.2) is 18.5 Å². The summed E-state index contributed by atoms with van der Waals surface area (Å²) in [5.41, 5.74) is 8.14. The predicted molar refractivity (Wildman–Crippen MR) is 64.2 cm³/mol. The molecule has 15 heavy (non-hydrogen) atoms. The maximum absolute atomic E-state index is 12.1. The molecule has 1 aromatic heterocycles. The van der Waals surface area contributed by atoms with Crippen LogP contribution in [0, 0.1) is 0 Å². The van der Waals surface area contributed by atoms with E-state index in [2.05, 4.69) is 4.98 Å². The fourth-order valence-electron chi connectivity index (χ4n) is 1.77. The average Bonchev–Trinajstić information content (AvgIpc) is 2.45. The number of aromatic nitrogens is 2. The van der Waals surface area contributed by atoms with E-state index < -0.39 is 7.14 Å². The normalized spacial score (nSPS) is 12.2. The standard InChI is InChI=1S/C10H14N3OP/c1-13-6-12-9-8(13)5-4-7(11)10(9)15(2,3)14/h4-6H,11H2,1-3H3. The Labute approximate surface area is 88.5 Å². The van der Waals surface area contributed by atoms with Crippen molar-refractivity contribution in [1.82, 2.24) is 9.55 Å². The van der Waals surface area contributed by atoms with Gasteiger partial charge in [0.1, 0.15) is 12.7 Å². The lowest BCUT2D eigenvalue weighted by atomic mass is 10.3.